The molecule has 1 heterocycles. The first-order valence-corrected chi connectivity index (χ1v) is 10.7. The van der Waals surface area contributed by atoms with Gasteiger partial charge in [-0.2, -0.15) is 0 Å². The number of nitrogens with zero attached hydrogens (tertiary/aromatic N) is 2. The summed E-state index contributed by atoms with van der Waals surface area (Å²) < 4.78 is 14.3. The van der Waals surface area contributed by atoms with Gasteiger partial charge in [0.05, 0.1) is 0 Å². The van der Waals surface area contributed by atoms with Gasteiger partial charge in [0.2, 0.25) is 11.5 Å². The number of hydrogen-bond acceptors (Lipinski definition) is 5. The molecule has 0 radical (unpaired) electrons. The van der Waals surface area contributed by atoms with Gasteiger partial charge in [0.15, 0.2) is 0 Å². The van der Waals surface area contributed by atoms with Crippen molar-refractivity contribution in [3.63, 3.8) is 0 Å². The Morgan fingerprint density at radius 2 is 1.84 bits per heavy atom. The van der Waals surface area contributed by atoms with Crippen LogP contribution in [0.1, 0.15) is 61.9 Å². The average molecular weight is 443 g/mol. The molecule has 8 nitrogen and oxygen atoms in total. The first kappa shape index (κ1) is 23.4. The van der Waals surface area contributed by atoms with E-state index < -0.39 is 34.1 Å². The van der Waals surface area contributed by atoms with Crippen LogP contribution in [0.5, 0.6) is 5.75 Å². The molecule has 0 aliphatic heterocycles. The molecule has 9 heteroatoms. The zero-order valence-electron chi connectivity index (χ0n) is 18.5. The second-order valence-corrected chi connectivity index (χ2v) is 9.05. The molecule has 2 N–H and O–H groups in total. The molecular formula is C23H28FN4O4-. The monoisotopic (exact) mass is 443 g/mol. The van der Waals surface area contributed by atoms with Crippen molar-refractivity contribution in [2.45, 2.75) is 58.5 Å². The molecule has 1 saturated carbocycles. The van der Waals surface area contributed by atoms with E-state index in [0.717, 1.165) is 12.8 Å². The Kier molecular flexibility index (Phi) is 6.96. The van der Waals surface area contributed by atoms with Crippen molar-refractivity contribution in [1.29, 1.82) is 0 Å². The Hall–Kier alpha value is -3.23. The Balaban J connectivity index is 1.76. The van der Waals surface area contributed by atoms with Gasteiger partial charge < -0.3 is 15.7 Å². The molecule has 0 saturated heterocycles. The summed E-state index contributed by atoms with van der Waals surface area (Å²) in [7, 11) is 0. The lowest BCUT2D eigenvalue weighted by atomic mass is 9.95. The maximum atomic E-state index is 13.0. The molecule has 0 atom stereocenters. The molecule has 3 rings (SSSR count). The summed E-state index contributed by atoms with van der Waals surface area (Å²) >= 11 is 0. The van der Waals surface area contributed by atoms with Crippen molar-refractivity contribution in [2.75, 3.05) is 6.54 Å². The predicted octanol–water partition coefficient (Wildman–Crippen LogP) is 1.60. The van der Waals surface area contributed by atoms with E-state index in [-0.39, 0.29) is 24.9 Å². The van der Waals surface area contributed by atoms with Gasteiger partial charge in [0.1, 0.15) is 17.3 Å². The van der Waals surface area contributed by atoms with Crippen LogP contribution < -0.4 is 21.3 Å². The number of aromatic nitrogens is 2. The SMILES string of the molecule is CC(C)(C)c1nc(C(=O)NCc2ccc(F)cc2)c([O-])c(=O)n1CCCNC(=O)C1CC1. The minimum Gasteiger partial charge on any atom is -0.867 e. The van der Waals surface area contributed by atoms with E-state index in [2.05, 4.69) is 15.6 Å². The van der Waals surface area contributed by atoms with Crippen molar-refractivity contribution < 1.29 is 19.1 Å². The van der Waals surface area contributed by atoms with Crippen LogP contribution in [0.2, 0.25) is 0 Å². The summed E-state index contributed by atoms with van der Waals surface area (Å²) in [6.07, 6.45) is 2.28. The number of hydrogen-bond donors (Lipinski definition) is 2. The summed E-state index contributed by atoms with van der Waals surface area (Å²) in [6.45, 7) is 6.17. The fraction of sp³-hybridized carbons (Fsp3) is 0.478. The van der Waals surface area contributed by atoms with Crippen molar-refractivity contribution in [2.24, 2.45) is 5.92 Å². The number of carbonyl (C=O) groups excluding carboxylic acids is 2. The second kappa shape index (κ2) is 9.50. The Labute approximate surface area is 185 Å². The first-order chi connectivity index (χ1) is 15.1. The standard InChI is InChI=1S/C23H29FN4O4/c1-23(2,3)22-27-17(20(31)26-13-14-5-9-16(24)10-6-14)18(29)21(32)28(22)12-4-11-25-19(30)15-7-8-15/h5-6,9-10,15,29H,4,7-8,11-13H2,1-3H3,(H,25,30)(H,26,31)/p-1. The predicted molar refractivity (Wildman–Crippen MR) is 115 cm³/mol. The lowest BCUT2D eigenvalue weighted by Crippen LogP contribution is -2.38. The first-order valence-electron chi connectivity index (χ1n) is 10.7. The molecule has 1 fully saturated rings. The van der Waals surface area contributed by atoms with E-state index in [1.165, 1.54) is 28.8 Å². The highest BCUT2D eigenvalue weighted by Crippen LogP contribution is 2.28. The van der Waals surface area contributed by atoms with Crippen molar-refractivity contribution in [3.8, 4) is 5.75 Å². The maximum absolute atomic E-state index is 13.0. The highest BCUT2D eigenvalue weighted by atomic mass is 19.1. The maximum Gasteiger partial charge on any atom is 0.269 e. The minimum atomic E-state index is -0.975. The van der Waals surface area contributed by atoms with Gasteiger partial charge in [0.25, 0.3) is 5.91 Å². The van der Waals surface area contributed by atoms with E-state index in [9.17, 15) is 23.9 Å². The zero-order valence-corrected chi connectivity index (χ0v) is 18.5. The van der Waals surface area contributed by atoms with E-state index >= 15 is 0 Å². The third-order valence-electron chi connectivity index (χ3n) is 5.19. The van der Waals surface area contributed by atoms with Crippen LogP contribution in [0.25, 0.3) is 0 Å². The van der Waals surface area contributed by atoms with Crippen LogP contribution in [0.15, 0.2) is 29.1 Å². The lowest BCUT2D eigenvalue weighted by molar-refractivity contribution is -0.271. The van der Waals surface area contributed by atoms with Crippen molar-refractivity contribution in [1.82, 2.24) is 20.2 Å². The summed E-state index contributed by atoms with van der Waals surface area (Å²) in [6, 6.07) is 5.57. The van der Waals surface area contributed by atoms with Gasteiger partial charge in [-0.15, -0.1) is 0 Å². The van der Waals surface area contributed by atoms with Crippen LogP contribution >= 0.6 is 0 Å². The number of nitrogens with one attached hydrogen (secondary N) is 2. The molecule has 0 unspecified atom stereocenters. The summed E-state index contributed by atoms with van der Waals surface area (Å²) in [4.78, 5) is 41.5. The van der Waals surface area contributed by atoms with Gasteiger partial charge >= 0.3 is 0 Å². The van der Waals surface area contributed by atoms with E-state index in [1.807, 2.05) is 20.8 Å². The Morgan fingerprint density at radius 1 is 1.19 bits per heavy atom. The highest BCUT2D eigenvalue weighted by Gasteiger charge is 2.29. The molecular weight excluding hydrogens is 415 g/mol. The van der Waals surface area contributed by atoms with Crippen LogP contribution in [-0.2, 0) is 23.3 Å². The van der Waals surface area contributed by atoms with E-state index in [0.29, 0.717) is 24.4 Å². The summed E-state index contributed by atoms with van der Waals surface area (Å²) in [5.74, 6) is -1.69. The van der Waals surface area contributed by atoms with Crippen molar-refractivity contribution >= 4 is 11.8 Å². The van der Waals surface area contributed by atoms with Crippen LogP contribution in [0.4, 0.5) is 4.39 Å². The normalized spacial score (nSPS) is 13.6. The number of benzene rings is 1. The van der Waals surface area contributed by atoms with Gasteiger partial charge in [-0.05, 0) is 42.7 Å². The third-order valence-corrected chi connectivity index (χ3v) is 5.19. The molecule has 2 amide bonds. The number of rotatable bonds is 8. The average Bonchev–Trinajstić information content (AvgIpc) is 3.58. The molecule has 32 heavy (non-hydrogen) atoms. The summed E-state index contributed by atoms with van der Waals surface area (Å²) in [5, 5.41) is 18.0. The molecule has 2 aromatic rings. The van der Waals surface area contributed by atoms with Crippen LogP contribution in [0.3, 0.4) is 0 Å². The highest BCUT2D eigenvalue weighted by molar-refractivity contribution is 5.94. The third kappa shape index (κ3) is 5.72. The molecule has 1 aliphatic rings. The van der Waals surface area contributed by atoms with Gasteiger partial charge in [-0.1, -0.05) is 32.9 Å². The zero-order chi connectivity index (χ0) is 23.5. The molecule has 0 bridgehead atoms. The van der Waals surface area contributed by atoms with Crippen LogP contribution in [-0.4, -0.2) is 27.9 Å². The van der Waals surface area contributed by atoms with E-state index in [1.54, 1.807) is 0 Å². The van der Waals surface area contributed by atoms with Gasteiger partial charge in [0, 0.05) is 31.0 Å². The summed E-state index contributed by atoms with van der Waals surface area (Å²) in [5.41, 5.74) is -1.23. The molecule has 1 aromatic carbocycles. The smallest absolute Gasteiger partial charge is 0.269 e. The molecule has 1 aliphatic carbocycles. The molecule has 172 valence electrons. The number of carbonyl (C=O) groups is 2. The quantitative estimate of drug-likeness (QED) is 0.601. The van der Waals surface area contributed by atoms with E-state index in [4.69, 9.17) is 0 Å². The Morgan fingerprint density at radius 3 is 2.44 bits per heavy atom. The number of amides is 2. The minimum absolute atomic E-state index is 0.0178. The topological polar surface area (TPSA) is 116 Å². The fourth-order valence-electron chi connectivity index (χ4n) is 3.28. The van der Waals surface area contributed by atoms with Gasteiger partial charge in [-0.3, -0.25) is 19.0 Å². The number of halogens is 1. The van der Waals surface area contributed by atoms with Gasteiger partial charge in [-0.25, -0.2) is 9.37 Å². The lowest BCUT2D eigenvalue weighted by Gasteiger charge is -2.26. The fourth-order valence-corrected chi connectivity index (χ4v) is 3.28. The largest absolute Gasteiger partial charge is 0.867 e. The molecule has 0 spiro atoms. The van der Waals surface area contributed by atoms with Crippen LogP contribution in [0, 0.1) is 11.7 Å². The van der Waals surface area contributed by atoms with Crippen molar-refractivity contribution in [3.05, 3.63) is 57.5 Å². The molecule has 1 aromatic heterocycles. The Bertz CT molecular complexity index is 1050. The second-order valence-electron chi connectivity index (χ2n) is 9.05.